The number of carbonyl (C=O) groups is 2. The van der Waals surface area contributed by atoms with Crippen LogP contribution in [0, 0.1) is 6.92 Å². The van der Waals surface area contributed by atoms with E-state index in [9.17, 15) is 9.59 Å². The van der Waals surface area contributed by atoms with Gasteiger partial charge in [-0.3, -0.25) is 9.59 Å². The number of nitrogens with one attached hydrogen (secondary N) is 1. The summed E-state index contributed by atoms with van der Waals surface area (Å²) in [6, 6.07) is 15.0. The third kappa shape index (κ3) is 5.78. The van der Waals surface area contributed by atoms with Crippen molar-refractivity contribution in [2.24, 2.45) is 0 Å². The fraction of sp³-hybridized carbons (Fsp3) is 0.333. The Kier molecular flexibility index (Phi) is 6.53. The van der Waals surface area contributed by atoms with Crippen LogP contribution in [-0.2, 0) is 14.9 Å². The van der Waals surface area contributed by atoms with Gasteiger partial charge in [0.15, 0.2) is 6.10 Å². The Bertz CT molecular complexity index is 1050. The molecule has 0 bridgehead atoms. The molecule has 7 heteroatoms. The Balaban J connectivity index is 1.52. The van der Waals surface area contributed by atoms with E-state index in [4.69, 9.17) is 9.15 Å². The second-order valence-electron chi connectivity index (χ2n) is 8.45. The fourth-order valence-corrected chi connectivity index (χ4v) is 2.88. The number of nitrogens with zero attached hydrogens (tertiary/aromatic N) is 2. The van der Waals surface area contributed by atoms with E-state index in [-0.39, 0.29) is 23.8 Å². The number of hydrogen-bond donors (Lipinski definition) is 1. The molecule has 3 rings (SSSR count). The lowest BCUT2D eigenvalue weighted by Crippen LogP contribution is -2.31. The van der Waals surface area contributed by atoms with Crippen LogP contribution in [0.2, 0.25) is 0 Å². The summed E-state index contributed by atoms with van der Waals surface area (Å²) in [6.07, 6.45) is -0.734. The molecule has 3 aromatic rings. The van der Waals surface area contributed by atoms with Gasteiger partial charge in [0.1, 0.15) is 6.54 Å². The molecule has 1 N–H and O–H groups in total. The molecule has 0 spiro atoms. The molecule has 2 aromatic carbocycles. The zero-order valence-electron chi connectivity index (χ0n) is 18.4. The second kappa shape index (κ2) is 9.12. The number of carbonyl (C=O) groups excluding carboxylic acids is 2. The van der Waals surface area contributed by atoms with Crippen molar-refractivity contribution in [3.8, 4) is 11.5 Å². The Labute approximate surface area is 181 Å². The molecule has 0 aliphatic heterocycles. The minimum Gasteiger partial charge on any atom is -0.451 e. The van der Waals surface area contributed by atoms with E-state index in [1.54, 1.807) is 19.1 Å². The molecule has 7 nitrogen and oxygen atoms in total. The smallest absolute Gasteiger partial charge is 0.326 e. The lowest BCUT2D eigenvalue weighted by molar-refractivity contribution is -0.148. The van der Waals surface area contributed by atoms with Crippen LogP contribution in [0.1, 0.15) is 61.2 Å². The van der Waals surface area contributed by atoms with Crippen molar-refractivity contribution in [3.63, 3.8) is 0 Å². The largest absolute Gasteiger partial charge is 0.451 e. The van der Waals surface area contributed by atoms with E-state index in [1.165, 1.54) is 0 Å². The van der Waals surface area contributed by atoms with Crippen LogP contribution in [0.25, 0.3) is 11.5 Å². The maximum Gasteiger partial charge on any atom is 0.326 e. The van der Waals surface area contributed by atoms with Crippen LogP contribution in [0.5, 0.6) is 0 Å². The number of aromatic nitrogens is 2. The molecule has 1 amide bonds. The van der Waals surface area contributed by atoms with Crippen LogP contribution in [-0.4, -0.2) is 28.6 Å². The first kappa shape index (κ1) is 22.2. The van der Waals surface area contributed by atoms with E-state index in [2.05, 4.69) is 36.3 Å². The minimum atomic E-state index is -0.734. The third-order valence-corrected chi connectivity index (χ3v) is 4.80. The SMILES string of the molecule is Cc1ccc(-c2nnc([C@@H](C)OC(=O)CNC(=O)c3ccc(C(C)(C)C)cc3)o2)cc1. The number of amides is 1. The molecule has 0 saturated heterocycles. The first-order valence-corrected chi connectivity index (χ1v) is 10.1. The Hall–Kier alpha value is -3.48. The average Bonchev–Trinajstić information content (AvgIpc) is 3.22. The maximum absolute atomic E-state index is 12.3. The molecule has 1 aromatic heterocycles. The standard InChI is InChI=1S/C24H27N3O4/c1-15-6-8-18(9-7-15)23-27-26-22(31-23)16(2)30-20(28)14-25-21(29)17-10-12-19(13-11-17)24(3,4)5/h6-13,16H,14H2,1-5H3,(H,25,29)/t16-/m1/s1. The van der Waals surface area contributed by atoms with Crippen LogP contribution < -0.4 is 5.32 Å². The monoisotopic (exact) mass is 421 g/mol. The van der Waals surface area contributed by atoms with Gasteiger partial charge in [0.25, 0.3) is 11.8 Å². The highest BCUT2D eigenvalue weighted by Crippen LogP contribution is 2.23. The van der Waals surface area contributed by atoms with Gasteiger partial charge < -0.3 is 14.5 Å². The average molecular weight is 421 g/mol. The van der Waals surface area contributed by atoms with Gasteiger partial charge in [0.2, 0.25) is 5.89 Å². The summed E-state index contributed by atoms with van der Waals surface area (Å²) < 4.78 is 10.9. The first-order chi connectivity index (χ1) is 14.6. The van der Waals surface area contributed by atoms with Gasteiger partial charge in [0.05, 0.1) is 0 Å². The lowest BCUT2D eigenvalue weighted by Gasteiger charge is -2.19. The first-order valence-electron chi connectivity index (χ1n) is 10.1. The number of ether oxygens (including phenoxy) is 1. The van der Waals surface area contributed by atoms with Gasteiger partial charge in [-0.05, 0) is 49.1 Å². The van der Waals surface area contributed by atoms with Gasteiger partial charge >= 0.3 is 5.97 Å². The van der Waals surface area contributed by atoms with Crippen molar-refractivity contribution < 1.29 is 18.7 Å². The van der Waals surface area contributed by atoms with E-state index in [0.717, 1.165) is 16.7 Å². The number of aryl methyl sites for hydroxylation is 1. The number of rotatable bonds is 6. The van der Waals surface area contributed by atoms with Gasteiger partial charge in [-0.15, -0.1) is 10.2 Å². The summed E-state index contributed by atoms with van der Waals surface area (Å²) in [5.74, 6) is -0.398. The van der Waals surface area contributed by atoms with E-state index in [1.807, 2.05) is 43.3 Å². The number of hydrogen-bond acceptors (Lipinski definition) is 6. The molecule has 1 heterocycles. The normalized spacial score (nSPS) is 12.3. The minimum absolute atomic E-state index is 0.00299. The van der Waals surface area contributed by atoms with Gasteiger partial charge in [-0.25, -0.2) is 0 Å². The van der Waals surface area contributed by atoms with Crippen molar-refractivity contribution in [2.75, 3.05) is 6.54 Å². The van der Waals surface area contributed by atoms with E-state index < -0.39 is 12.1 Å². The summed E-state index contributed by atoms with van der Waals surface area (Å²) in [5.41, 5.74) is 3.52. The molecule has 31 heavy (non-hydrogen) atoms. The molecule has 0 unspecified atom stereocenters. The summed E-state index contributed by atoms with van der Waals surface area (Å²) in [5, 5.41) is 10.5. The Morgan fingerprint density at radius 1 is 1.03 bits per heavy atom. The van der Waals surface area contributed by atoms with Gasteiger partial charge in [-0.2, -0.15) is 0 Å². The highest BCUT2D eigenvalue weighted by atomic mass is 16.6. The molecule has 0 saturated carbocycles. The molecule has 0 radical (unpaired) electrons. The molecular formula is C24H27N3O4. The lowest BCUT2D eigenvalue weighted by atomic mass is 9.87. The van der Waals surface area contributed by atoms with Crippen LogP contribution >= 0.6 is 0 Å². The van der Waals surface area contributed by atoms with Crippen molar-refractivity contribution >= 4 is 11.9 Å². The highest BCUT2D eigenvalue weighted by Gasteiger charge is 2.20. The van der Waals surface area contributed by atoms with Crippen molar-refractivity contribution in [1.82, 2.24) is 15.5 Å². The van der Waals surface area contributed by atoms with E-state index in [0.29, 0.717) is 11.5 Å². The predicted octanol–water partition coefficient (Wildman–Crippen LogP) is 4.38. The fourth-order valence-electron chi connectivity index (χ4n) is 2.88. The summed E-state index contributed by atoms with van der Waals surface area (Å²) in [7, 11) is 0. The van der Waals surface area contributed by atoms with Gasteiger partial charge in [-0.1, -0.05) is 50.6 Å². The van der Waals surface area contributed by atoms with Crippen molar-refractivity contribution in [2.45, 2.75) is 46.1 Å². The Morgan fingerprint density at radius 3 is 2.29 bits per heavy atom. The van der Waals surface area contributed by atoms with Crippen molar-refractivity contribution in [3.05, 3.63) is 71.1 Å². The molecule has 1 atom stereocenters. The molecular weight excluding hydrogens is 394 g/mol. The van der Waals surface area contributed by atoms with Crippen LogP contribution in [0.3, 0.4) is 0 Å². The zero-order chi connectivity index (χ0) is 22.6. The second-order valence-corrected chi connectivity index (χ2v) is 8.45. The molecule has 162 valence electrons. The molecule has 0 aliphatic carbocycles. The predicted molar refractivity (Wildman–Crippen MR) is 116 cm³/mol. The zero-order valence-corrected chi connectivity index (χ0v) is 18.4. The highest BCUT2D eigenvalue weighted by molar-refractivity contribution is 5.95. The van der Waals surface area contributed by atoms with Crippen LogP contribution in [0.4, 0.5) is 0 Å². The summed E-state index contributed by atoms with van der Waals surface area (Å²) in [4.78, 5) is 24.4. The summed E-state index contributed by atoms with van der Waals surface area (Å²) in [6.45, 7) is 9.68. The summed E-state index contributed by atoms with van der Waals surface area (Å²) >= 11 is 0. The van der Waals surface area contributed by atoms with Crippen LogP contribution in [0.15, 0.2) is 52.9 Å². The maximum atomic E-state index is 12.3. The number of esters is 1. The third-order valence-electron chi connectivity index (χ3n) is 4.80. The van der Waals surface area contributed by atoms with Crippen molar-refractivity contribution in [1.29, 1.82) is 0 Å². The van der Waals surface area contributed by atoms with Gasteiger partial charge in [0, 0.05) is 11.1 Å². The molecule has 0 fully saturated rings. The number of benzene rings is 2. The quantitative estimate of drug-likeness (QED) is 0.594. The Morgan fingerprint density at radius 2 is 1.68 bits per heavy atom. The topological polar surface area (TPSA) is 94.3 Å². The van der Waals surface area contributed by atoms with E-state index >= 15 is 0 Å². The molecule has 0 aliphatic rings.